The highest BCUT2D eigenvalue weighted by Gasteiger charge is 2.18. The summed E-state index contributed by atoms with van der Waals surface area (Å²) >= 11 is 0. The molecular weight excluding hydrogens is 330 g/mol. The van der Waals surface area contributed by atoms with E-state index in [2.05, 4.69) is 22.9 Å². The summed E-state index contributed by atoms with van der Waals surface area (Å²) in [5, 5.41) is 0. The fraction of sp³-hybridized carbons (Fsp3) is 0.238. The van der Waals surface area contributed by atoms with Gasteiger partial charge in [0, 0.05) is 13.1 Å². The summed E-state index contributed by atoms with van der Waals surface area (Å²) in [5.74, 6) is 0.0934. The number of amides is 1. The Bertz CT molecular complexity index is 797. The molecule has 1 aliphatic heterocycles. The second kappa shape index (κ2) is 8.34. The summed E-state index contributed by atoms with van der Waals surface area (Å²) in [6.45, 7) is 1.25. The van der Waals surface area contributed by atoms with Crippen molar-refractivity contribution in [2.75, 3.05) is 26.8 Å². The van der Waals surface area contributed by atoms with Crippen LogP contribution in [0.15, 0.2) is 60.7 Å². The lowest BCUT2D eigenvalue weighted by atomic mass is 10.00. The second-order valence-corrected chi connectivity index (χ2v) is 5.99. The molecule has 3 rings (SSSR count). The van der Waals surface area contributed by atoms with Crippen molar-refractivity contribution in [1.82, 2.24) is 4.90 Å². The summed E-state index contributed by atoms with van der Waals surface area (Å²) in [4.78, 5) is 25.5. The molecule has 1 heterocycles. The molecule has 0 atom stereocenters. The van der Waals surface area contributed by atoms with Gasteiger partial charge in [0.05, 0.1) is 12.7 Å². The van der Waals surface area contributed by atoms with Crippen molar-refractivity contribution in [2.45, 2.75) is 6.42 Å². The maximum absolute atomic E-state index is 12.3. The molecule has 1 amide bonds. The molecule has 0 spiro atoms. The Morgan fingerprint density at radius 3 is 2.38 bits per heavy atom. The highest BCUT2D eigenvalue weighted by atomic mass is 16.5. The van der Waals surface area contributed by atoms with Crippen molar-refractivity contribution >= 4 is 17.4 Å². The number of nitrogens with zero attached hydrogens (tertiary/aromatic N) is 1. The third kappa shape index (κ3) is 4.30. The lowest BCUT2D eigenvalue weighted by Gasteiger charge is -2.26. The molecule has 5 nitrogen and oxygen atoms in total. The van der Waals surface area contributed by atoms with Gasteiger partial charge in [-0.25, -0.2) is 4.79 Å². The van der Waals surface area contributed by atoms with Gasteiger partial charge >= 0.3 is 5.97 Å². The molecule has 0 aromatic heterocycles. The molecule has 2 aromatic carbocycles. The predicted molar refractivity (Wildman–Crippen MR) is 98.9 cm³/mol. The van der Waals surface area contributed by atoms with Crippen molar-refractivity contribution in [1.29, 1.82) is 0 Å². The number of hydrogen-bond acceptors (Lipinski definition) is 4. The highest BCUT2D eigenvalue weighted by Crippen LogP contribution is 2.22. The smallest absolute Gasteiger partial charge is 0.337 e. The minimum absolute atomic E-state index is 0.0217. The largest absolute Gasteiger partial charge is 0.484 e. The van der Waals surface area contributed by atoms with Gasteiger partial charge in [0.15, 0.2) is 6.61 Å². The van der Waals surface area contributed by atoms with Gasteiger partial charge < -0.3 is 14.4 Å². The molecule has 1 aliphatic rings. The fourth-order valence-electron chi connectivity index (χ4n) is 2.85. The summed E-state index contributed by atoms with van der Waals surface area (Å²) in [5.41, 5.74) is 2.93. The van der Waals surface area contributed by atoms with Crippen LogP contribution in [0.3, 0.4) is 0 Å². The standard InChI is InChI=1S/C21H21NO4/c1-25-21(24)18-7-9-19(10-8-18)26-15-20(23)22-13-11-17(12-14-22)16-5-3-2-4-6-16/h2-11H,12-15H2,1H3. The van der Waals surface area contributed by atoms with Crippen molar-refractivity contribution in [3.8, 4) is 5.75 Å². The maximum Gasteiger partial charge on any atom is 0.337 e. The monoisotopic (exact) mass is 351 g/mol. The predicted octanol–water partition coefficient (Wildman–Crippen LogP) is 3.17. The summed E-state index contributed by atoms with van der Waals surface area (Å²) in [6, 6.07) is 16.8. The van der Waals surface area contributed by atoms with Gasteiger partial charge in [-0.2, -0.15) is 0 Å². The van der Waals surface area contributed by atoms with E-state index in [0.29, 0.717) is 24.4 Å². The SMILES string of the molecule is COC(=O)c1ccc(OCC(=O)N2CC=C(c3ccccc3)CC2)cc1. The number of methoxy groups -OCH3 is 1. The van der Waals surface area contributed by atoms with Crippen LogP contribution in [0.5, 0.6) is 5.75 Å². The molecule has 0 fully saturated rings. The first kappa shape index (κ1) is 17.7. The fourth-order valence-corrected chi connectivity index (χ4v) is 2.85. The molecule has 26 heavy (non-hydrogen) atoms. The quantitative estimate of drug-likeness (QED) is 0.777. The lowest BCUT2D eigenvalue weighted by Crippen LogP contribution is -2.37. The Morgan fingerprint density at radius 2 is 1.77 bits per heavy atom. The Kier molecular flexibility index (Phi) is 5.69. The Labute approximate surface area is 152 Å². The zero-order valence-electron chi connectivity index (χ0n) is 14.7. The third-order valence-electron chi connectivity index (χ3n) is 4.34. The minimum Gasteiger partial charge on any atom is -0.484 e. The topological polar surface area (TPSA) is 55.8 Å². The van der Waals surface area contributed by atoms with E-state index in [4.69, 9.17) is 4.74 Å². The Hall–Kier alpha value is -3.08. The average Bonchev–Trinajstić information content (AvgIpc) is 2.72. The number of carbonyl (C=O) groups is 2. The second-order valence-electron chi connectivity index (χ2n) is 5.99. The van der Waals surface area contributed by atoms with E-state index in [9.17, 15) is 9.59 Å². The number of carbonyl (C=O) groups excluding carboxylic acids is 2. The number of ether oxygens (including phenoxy) is 2. The Balaban J connectivity index is 1.51. The first-order valence-corrected chi connectivity index (χ1v) is 8.51. The highest BCUT2D eigenvalue weighted by molar-refractivity contribution is 5.89. The number of esters is 1. The summed E-state index contributed by atoms with van der Waals surface area (Å²) < 4.78 is 10.2. The van der Waals surface area contributed by atoms with Crippen LogP contribution in [0.1, 0.15) is 22.3 Å². The molecule has 0 bridgehead atoms. The van der Waals surface area contributed by atoms with Crippen molar-refractivity contribution in [3.05, 3.63) is 71.8 Å². The minimum atomic E-state index is -0.401. The zero-order chi connectivity index (χ0) is 18.4. The van der Waals surface area contributed by atoms with Gasteiger partial charge in [-0.3, -0.25) is 4.79 Å². The number of rotatable bonds is 5. The van der Waals surface area contributed by atoms with Gasteiger partial charge in [0.25, 0.3) is 5.91 Å². The maximum atomic E-state index is 12.3. The zero-order valence-corrected chi connectivity index (χ0v) is 14.7. The van der Waals surface area contributed by atoms with Crippen LogP contribution < -0.4 is 4.74 Å². The average molecular weight is 351 g/mol. The van der Waals surface area contributed by atoms with E-state index in [1.165, 1.54) is 18.2 Å². The molecule has 0 unspecified atom stereocenters. The van der Waals surface area contributed by atoms with Crippen molar-refractivity contribution in [3.63, 3.8) is 0 Å². The van der Waals surface area contributed by atoms with E-state index < -0.39 is 5.97 Å². The first-order chi connectivity index (χ1) is 12.7. The van der Waals surface area contributed by atoms with Crippen LogP contribution in [0.4, 0.5) is 0 Å². The van der Waals surface area contributed by atoms with Gasteiger partial charge in [0.2, 0.25) is 0 Å². The van der Waals surface area contributed by atoms with Crippen molar-refractivity contribution < 1.29 is 19.1 Å². The van der Waals surface area contributed by atoms with E-state index in [0.717, 1.165) is 6.42 Å². The van der Waals surface area contributed by atoms with E-state index in [-0.39, 0.29) is 12.5 Å². The number of hydrogen-bond donors (Lipinski definition) is 0. The molecule has 0 aliphatic carbocycles. The van der Waals surface area contributed by atoms with Crippen LogP contribution in [-0.2, 0) is 9.53 Å². The Morgan fingerprint density at radius 1 is 1.04 bits per heavy atom. The normalized spacial score (nSPS) is 13.7. The van der Waals surface area contributed by atoms with Crippen LogP contribution in [0.25, 0.3) is 5.57 Å². The molecule has 5 heteroatoms. The van der Waals surface area contributed by atoms with Gasteiger partial charge in [-0.15, -0.1) is 0 Å². The van der Waals surface area contributed by atoms with Gasteiger partial charge in [-0.1, -0.05) is 36.4 Å². The van der Waals surface area contributed by atoms with E-state index >= 15 is 0 Å². The van der Waals surface area contributed by atoms with Crippen LogP contribution in [0.2, 0.25) is 0 Å². The third-order valence-corrected chi connectivity index (χ3v) is 4.34. The van der Waals surface area contributed by atoms with Gasteiger partial charge in [-0.05, 0) is 41.8 Å². The van der Waals surface area contributed by atoms with Crippen LogP contribution in [-0.4, -0.2) is 43.6 Å². The molecule has 0 N–H and O–H groups in total. The summed E-state index contributed by atoms with van der Waals surface area (Å²) in [6.07, 6.45) is 2.94. The molecule has 2 aromatic rings. The van der Waals surface area contributed by atoms with Crippen LogP contribution >= 0.6 is 0 Å². The molecule has 0 saturated heterocycles. The van der Waals surface area contributed by atoms with E-state index in [1.807, 2.05) is 18.2 Å². The van der Waals surface area contributed by atoms with Gasteiger partial charge in [0.1, 0.15) is 5.75 Å². The molecule has 0 saturated carbocycles. The first-order valence-electron chi connectivity index (χ1n) is 8.51. The lowest BCUT2D eigenvalue weighted by molar-refractivity contribution is -0.132. The molecule has 134 valence electrons. The van der Waals surface area contributed by atoms with E-state index in [1.54, 1.807) is 29.2 Å². The summed E-state index contributed by atoms with van der Waals surface area (Å²) in [7, 11) is 1.34. The molecule has 0 radical (unpaired) electrons. The molecular formula is C21H21NO4. The number of benzene rings is 2. The van der Waals surface area contributed by atoms with Crippen LogP contribution in [0, 0.1) is 0 Å². The van der Waals surface area contributed by atoms with Crippen molar-refractivity contribution in [2.24, 2.45) is 0 Å².